The van der Waals surface area contributed by atoms with Crippen molar-refractivity contribution in [1.82, 2.24) is 24.4 Å². The van der Waals surface area contributed by atoms with E-state index < -0.39 is 24.0 Å². The van der Waals surface area contributed by atoms with Crippen LogP contribution in [-0.4, -0.2) is 83.2 Å². The first-order valence-electron chi connectivity index (χ1n) is 12.9. The highest BCUT2D eigenvalue weighted by molar-refractivity contribution is 7.99. The molecule has 0 amide bonds. The van der Waals surface area contributed by atoms with E-state index in [9.17, 15) is 9.90 Å². The lowest BCUT2D eigenvalue weighted by molar-refractivity contribution is -0.193. The van der Waals surface area contributed by atoms with Crippen molar-refractivity contribution in [2.45, 2.75) is 74.9 Å². The van der Waals surface area contributed by atoms with Crippen LogP contribution in [0.15, 0.2) is 43.0 Å². The molecule has 0 bridgehead atoms. The number of rotatable bonds is 7. The summed E-state index contributed by atoms with van der Waals surface area (Å²) in [7, 11) is 0. The number of aliphatic carboxylic acids is 1. The van der Waals surface area contributed by atoms with Crippen LogP contribution in [0.3, 0.4) is 0 Å². The van der Waals surface area contributed by atoms with E-state index in [2.05, 4.69) is 19.9 Å². The number of nitrogens with zero attached hydrogens (tertiary/aromatic N) is 5. The molecule has 0 spiro atoms. The number of anilines is 1. The van der Waals surface area contributed by atoms with E-state index in [4.69, 9.17) is 19.9 Å². The van der Waals surface area contributed by atoms with Gasteiger partial charge in [0.2, 0.25) is 0 Å². The van der Waals surface area contributed by atoms with Crippen molar-refractivity contribution in [3.63, 3.8) is 0 Å². The average molecular weight is 541 g/mol. The molecule has 3 aliphatic heterocycles. The highest BCUT2D eigenvalue weighted by Crippen LogP contribution is 2.45. The van der Waals surface area contributed by atoms with Gasteiger partial charge in [-0.2, -0.15) is 11.8 Å². The van der Waals surface area contributed by atoms with Crippen LogP contribution in [0.2, 0.25) is 0 Å². The van der Waals surface area contributed by atoms with Gasteiger partial charge in [0.05, 0.1) is 12.4 Å². The minimum Gasteiger partial charge on any atom is -0.480 e. The zero-order chi connectivity index (χ0) is 26.4. The van der Waals surface area contributed by atoms with Crippen molar-refractivity contribution in [3.8, 4) is 0 Å². The van der Waals surface area contributed by atoms with E-state index in [1.807, 2.05) is 48.7 Å². The van der Waals surface area contributed by atoms with Gasteiger partial charge < -0.3 is 25.1 Å². The number of carboxylic acid groups (broad SMARTS) is 1. The Hall–Kier alpha value is -2.77. The summed E-state index contributed by atoms with van der Waals surface area (Å²) >= 11 is 1.76. The van der Waals surface area contributed by atoms with Crippen molar-refractivity contribution in [2.75, 3.05) is 18.0 Å². The quantitative estimate of drug-likeness (QED) is 0.457. The number of likely N-dealkylation sites (tertiary alicyclic amines) is 1. The molecule has 202 valence electrons. The summed E-state index contributed by atoms with van der Waals surface area (Å²) in [4.78, 5) is 27.0. The van der Waals surface area contributed by atoms with Gasteiger partial charge in [0.1, 0.15) is 30.1 Å². The van der Waals surface area contributed by atoms with Crippen LogP contribution in [0.4, 0.5) is 5.82 Å². The van der Waals surface area contributed by atoms with Gasteiger partial charge in [-0.3, -0.25) is 14.3 Å². The summed E-state index contributed by atoms with van der Waals surface area (Å²) in [5.74, 6) is -0.546. The average Bonchev–Trinajstić information content (AvgIpc) is 3.55. The van der Waals surface area contributed by atoms with E-state index in [0.717, 1.165) is 18.5 Å². The molecule has 2 aromatic heterocycles. The minimum absolute atomic E-state index is 0.209. The molecule has 0 aliphatic carbocycles. The fourth-order valence-electron chi connectivity index (χ4n) is 5.70. The maximum absolute atomic E-state index is 12.1. The lowest BCUT2D eigenvalue weighted by atomic mass is 10.0. The third kappa shape index (κ3) is 4.87. The Balaban J connectivity index is 1.14. The van der Waals surface area contributed by atoms with E-state index in [1.54, 1.807) is 18.1 Å². The molecular formula is C26H32N6O5S. The fourth-order valence-corrected chi connectivity index (χ4v) is 7.02. The Morgan fingerprint density at radius 2 is 1.97 bits per heavy atom. The van der Waals surface area contributed by atoms with Crippen LogP contribution in [0.1, 0.15) is 38.5 Å². The molecule has 11 nitrogen and oxygen atoms in total. The fraction of sp³-hybridized carbons (Fsp3) is 0.538. The number of hydrogen-bond acceptors (Lipinski definition) is 10. The number of ether oxygens (including phenoxy) is 3. The molecule has 6 atom stereocenters. The van der Waals surface area contributed by atoms with Gasteiger partial charge in [0.25, 0.3) is 0 Å². The van der Waals surface area contributed by atoms with Gasteiger partial charge in [0.15, 0.2) is 23.5 Å². The highest BCUT2D eigenvalue weighted by atomic mass is 32.2. The summed E-state index contributed by atoms with van der Waals surface area (Å²) in [5, 5.41) is 10.2. The number of fused-ring (bicyclic) bond motifs is 2. The molecule has 3 aliphatic rings. The number of carboxylic acids is 1. The predicted octanol–water partition coefficient (Wildman–Crippen LogP) is 2.68. The summed E-state index contributed by atoms with van der Waals surface area (Å²) in [6.07, 6.45) is 3.23. The highest BCUT2D eigenvalue weighted by Gasteiger charge is 2.56. The third-order valence-corrected chi connectivity index (χ3v) is 8.88. The molecular weight excluding hydrogens is 508 g/mol. The van der Waals surface area contributed by atoms with Crippen molar-refractivity contribution in [2.24, 2.45) is 0 Å². The Morgan fingerprint density at radius 1 is 1.18 bits per heavy atom. The molecule has 3 N–H and O–H groups in total. The number of thioether (sulfide) groups is 1. The minimum atomic E-state index is -0.772. The zero-order valence-electron chi connectivity index (χ0n) is 21.3. The van der Waals surface area contributed by atoms with Gasteiger partial charge in [-0.25, -0.2) is 15.0 Å². The Bertz CT molecular complexity index is 1310. The first-order chi connectivity index (χ1) is 18.3. The summed E-state index contributed by atoms with van der Waals surface area (Å²) in [5.41, 5.74) is 8.22. The second kappa shape index (κ2) is 10.1. The number of hydrogen-bond donors (Lipinski definition) is 2. The molecule has 0 unspecified atom stereocenters. The number of piperidine rings is 1. The van der Waals surface area contributed by atoms with Gasteiger partial charge in [0, 0.05) is 24.1 Å². The van der Waals surface area contributed by atoms with Crippen LogP contribution in [0, 0.1) is 0 Å². The van der Waals surface area contributed by atoms with Crippen LogP contribution < -0.4 is 5.73 Å². The Labute approximate surface area is 224 Å². The normalized spacial score (nSPS) is 31.0. The van der Waals surface area contributed by atoms with Crippen molar-refractivity contribution >= 4 is 34.7 Å². The van der Waals surface area contributed by atoms with Gasteiger partial charge in [-0.05, 0) is 32.3 Å². The van der Waals surface area contributed by atoms with Gasteiger partial charge >= 0.3 is 5.97 Å². The van der Waals surface area contributed by atoms with Crippen LogP contribution >= 0.6 is 11.8 Å². The van der Waals surface area contributed by atoms with E-state index in [0.29, 0.717) is 35.7 Å². The first kappa shape index (κ1) is 25.5. The maximum Gasteiger partial charge on any atom is 0.320 e. The molecule has 3 saturated heterocycles. The molecule has 5 heterocycles. The number of carbonyl (C=O) groups is 1. The van der Waals surface area contributed by atoms with Gasteiger partial charge in [-0.1, -0.05) is 30.3 Å². The van der Waals surface area contributed by atoms with Crippen LogP contribution in [0.25, 0.3) is 11.2 Å². The van der Waals surface area contributed by atoms with E-state index in [-0.39, 0.29) is 23.6 Å². The van der Waals surface area contributed by atoms with E-state index in [1.165, 1.54) is 6.33 Å². The smallest absolute Gasteiger partial charge is 0.320 e. The largest absolute Gasteiger partial charge is 0.480 e. The van der Waals surface area contributed by atoms with Gasteiger partial charge in [-0.15, -0.1) is 0 Å². The number of aromatic nitrogens is 4. The van der Waals surface area contributed by atoms with Crippen molar-refractivity contribution in [1.29, 1.82) is 0 Å². The Morgan fingerprint density at radius 3 is 2.76 bits per heavy atom. The van der Waals surface area contributed by atoms with Crippen molar-refractivity contribution < 1.29 is 24.1 Å². The zero-order valence-corrected chi connectivity index (χ0v) is 22.2. The monoisotopic (exact) mass is 540 g/mol. The van der Waals surface area contributed by atoms with E-state index >= 15 is 0 Å². The predicted molar refractivity (Wildman–Crippen MR) is 141 cm³/mol. The summed E-state index contributed by atoms with van der Waals surface area (Å²) in [6, 6.07) is 9.51. The molecule has 1 aromatic carbocycles. The molecule has 38 heavy (non-hydrogen) atoms. The molecule has 0 radical (unpaired) electrons. The standard InChI is InChI=1S/C26H32N6O5S/c1-26(2)36-20-18(35-24(21(20)37-26)32-14-30-19-22(27)28-13-29-23(19)32)12-38-16-8-9-31(17(10-16)25(33)34)11-15-6-4-3-5-7-15/h3-7,13-14,16-18,20-21,24H,8-12H2,1-2H3,(H,33,34)(H2,27,28,29)/t16-,17-,18-,20-,21-,24-/m1/s1. The summed E-state index contributed by atoms with van der Waals surface area (Å²) in [6.45, 7) is 5.18. The summed E-state index contributed by atoms with van der Waals surface area (Å²) < 4.78 is 20.9. The second-order valence-electron chi connectivity index (χ2n) is 10.5. The topological polar surface area (TPSA) is 138 Å². The SMILES string of the molecule is CC1(C)O[C@@H]2[C@H](O1)[C@@H](CS[C@@H]1CCN(Cc3ccccc3)[C@@H](C(=O)O)C1)O[C@H]2n1cnc2c(N)ncnc21. The number of nitrogen functional groups attached to an aromatic ring is 1. The first-order valence-corrected chi connectivity index (χ1v) is 13.9. The maximum atomic E-state index is 12.1. The molecule has 3 fully saturated rings. The lowest BCUT2D eigenvalue weighted by Crippen LogP contribution is -2.47. The number of imidazole rings is 1. The van der Waals surface area contributed by atoms with Crippen LogP contribution in [0.5, 0.6) is 0 Å². The molecule has 3 aromatic rings. The molecule has 12 heteroatoms. The second-order valence-corrected chi connectivity index (χ2v) is 11.8. The Kier molecular flexibility index (Phi) is 6.77. The number of benzene rings is 1. The van der Waals surface area contributed by atoms with Crippen molar-refractivity contribution in [3.05, 3.63) is 48.5 Å². The molecule has 6 rings (SSSR count). The molecule has 0 saturated carbocycles. The van der Waals surface area contributed by atoms with Crippen LogP contribution in [-0.2, 0) is 25.5 Å². The number of nitrogens with two attached hydrogens (primary N) is 1. The third-order valence-electron chi connectivity index (χ3n) is 7.46. The lowest BCUT2D eigenvalue weighted by Gasteiger charge is -2.37.